The summed E-state index contributed by atoms with van der Waals surface area (Å²) >= 11 is 3.41. The minimum absolute atomic E-state index is 0.0765. The normalized spacial score (nSPS) is 10.6. The van der Waals surface area contributed by atoms with E-state index in [0.717, 1.165) is 26.9 Å². The molecule has 24 heavy (non-hydrogen) atoms. The van der Waals surface area contributed by atoms with Crippen molar-refractivity contribution < 1.29 is 9.59 Å². The molecule has 0 aromatic heterocycles. The van der Waals surface area contributed by atoms with E-state index in [1.165, 1.54) is 6.08 Å². The van der Waals surface area contributed by atoms with Gasteiger partial charge in [-0.05, 0) is 42.7 Å². The number of anilines is 1. The zero-order valence-electron chi connectivity index (χ0n) is 13.6. The standard InChI is InChI=1S/C19H19BrN2O2/c1-13-6-5-7-14(2)19(13)22-18(24)12-21-17(23)11-10-15-8-3-4-9-16(15)20/h3-11H,12H2,1-2H3,(H,21,23)(H,22,24). The SMILES string of the molecule is Cc1cccc(C)c1NC(=O)CNC(=O)C=Cc1ccccc1Br. The fourth-order valence-corrected chi connectivity index (χ4v) is 2.61. The van der Waals surface area contributed by atoms with E-state index in [2.05, 4.69) is 26.6 Å². The highest BCUT2D eigenvalue weighted by atomic mass is 79.9. The summed E-state index contributed by atoms with van der Waals surface area (Å²) in [4.78, 5) is 23.8. The van der Waals surface area contributed by atoms with Crippen LogP contribution in [0, 0.1) is 13.8 Å². The van der Waals surface area contributed by atoms with Crippen LogP contribution >= 0.6 is 15.9 Å². The molecule has 0 heterocycles. The van der Waals surface area contributed by atoms with Crippen molar-refractivity contribution in [2.24, 2.45) is 0 Å². The average Bonchev–Trinajstić information content (AvgIpc) is 2.56. The van der Waals surface area contributed by atoms with Gasteiger partial charge >= 0.3 is 0 Å². The Hall–Kier alpha value is -2.40. The Labute approximate surface area is 150 Å². The largest absolute Gasteiger partial charge is 0.343 e. The molecule has 124 valence electrons. The first-order valence-corrected chi connectivity index (χ1v) is 8.33. The smallest absolute Gasteiger partial charge is 0.244 e. The van der Waals surface area contributed by atoms with Crippen molar-refractivity contribution in [2.75, 3.05) is 11.9 Å². The molecular formula is C19H19BrN2O2. The van der Waals surface area contributed by atoms with Crippen LogP contribution in [0.3, 0.4) is 0 Å². The molecule has 2 N–H and O–H groups in total. The Bertz CT molecular complexity index is 764. The van der Waals surface area contributed by atoms with E-state index in [4.69, 9.17) is 0 Å². The van der Waals surface area contributed by atoms with Crippen LogP contribution in [0.1, 0.15) is 16.7 Å². The molecule has 2 rings (SSSR count). The van der Waals surface area contributed by atoms with Crippen molar-refractivity contribution in [3.63, 3.8) is 0 Å². The predicted molar refractivity (Wildman–Crippen MR) is 101 cm³/mol. The topological polar surface area (TPSA) is 58.2 Å². The quantitative estimate of drug-likeness (QED) is 0.767. The van der Waals surface area contributed by atoms with E-state index in [0.29, 0.717) is 0 Å². The van der Waals surface area contributed by atoms with Gasteiger partial charge in [-0.25, -0.2) is 0 Å². The molecule has 0 radical (unpaired) electrons. The Kier molecular flexibility index (Phi) is 6.32. The van der Waals surface area contributed by atoms with Gasteiger partial charge in [-0.15, -0.1) is 0 Å². The van der Waals surface area contributed by atoms with Crippen LogP contribution < -0.4 is 10.6 Å². The van der Waals surface area contributed by atoms with E-state index >= 15 is 0 Å². The van der Waals surface area contributed by atoms with E-state index in [1.54, 1.807) is 6.08 Å². The first kappa shape index (κ1) is 17.9. The molecule has 0 atom stereocenters. The number of halogens is 1. The van der Waals surface area contributed by atoms with Gasteiger partial charge in [0.05, 0.1) is 6.54 Å². The van der Waals surface area contributed by atoms with Crippen molar-refractivity contribution >= 4 is 39.5 Å². The second-order valence-corrected chi connectivity index (χ2v) is 6.24. The van der Waals surface area contributed by atoms with Crippen molar-refractivity contribution in [2.45, 2.75) is 13.8 Å². The summed E-state index contributed by atoms with van der Waals surface area (Å²) < 4.78 is 0.904. The van der Waals surface area contributed by atoms with Crippen LogP contribution in [0.25, 0.3) is 6.08 Å². The molecule has 0 bridgehead atoms. The number of hydrogen-bond donors (Lipinski definition) is 2. The first-order chi connectivity index (χ1) is 11.5. The third kappa shape index (κ3) is 5.06. The Morgan fingerprint density at radius 1 is 1.04 bits per heavy atom. The number of rotatable bonds is 5. The third-order valence-electron chi connectivity index (χ3n) is 3.49. The van der Waals surface area contributed by atoms with Crippen LogP contribution in [0.5, 0.6) is 0 Å². The van der Waals surface area contributed by atoms with Crippen LogP contribution in [0.15, 0.2) is 53.0 Å². The highest BCUT2D eigenvalue weighted by Crippen LogP contribution is 2.19. The van der Waals surface area contributed by atoms with Crippen molar-refractivity contribution in [1.29, 1.82) is 0 Å². The highest BCUT2D eigenvalue weighted by Gasteiger charge is 2.08. The van der Waals surface area contributed by atoms with Gasteiger partial charge in [-0.3, -0.25) is 9.59 Å². The number of para-hydroxylation sites is 1. The Balaban J connectivity index is 1.88. The lowest BCUT2D eigenvalue weighted by atomic mass is 10.1. The van der Waals surface area contributed by atoms with Gasteiger partial charge in [0, 0.05) is 16.2 Å². The zero-order chi connectivity index (χ0) is 17.5. The number of carbonyl (C=O) groups excluding carboxylic acids is 2. The molecule has 2 aromatic rings. The van der Waals surface area contributed by atoms with Crippen molar-refractivity contribution in [3.8, 4) is 0 Å². The molecule has 0 unspecified atom stereocenters. The molecule has 0 fully saturated rings. The molecule has 0 aliphatic heterocycles. The number of nitrogens with one attached hydrogen (secondary N) is 2. The molecule has 4 nitrogen and oxygen atoms in total. The third-order valence-corrected chi connectivity index (χ3v) is 4.21. The molecule has 0 saturated carbocycles. The van der Waals surface area contributed by atoms with Gasteiger partial charge in [-0.1, -0.05) is 52.3 Å². The van der Waals surface area contributed by atoms with Crippen molar-refractivity contribution in [1.82, 2.24) is 5.32 Å². The van der Waals surface area contributed by atoms with Gasteiger partial charge in [0.25, 0.3) is 0 Å². The fraction of sp³-hybridized carbons (Fsp3) is 0.158. The van der Waals surface area contributed by atoms with E-state index in [-0.39, 0.29) is 18.4 Å². The van der Waals surface area contributed by atoms with Crippen LogP contribution in [-0.4, -0.2) is 18.4 Å². The Morgan fingerprint density at radius 2 is 1.71 bits per heavy atom. The van der Waals surface area contributed by atoms with Crippen LogP contribution in [0.4, 0.5) is 5.69 Å². The molecule has 2 aromatic carbocycles. The molecule has 0 saturated heterocycles. The van der Waals surface area contributed by atoms with Gasteiger partial charge in [-0.2, -0.15) is 0 Å². The number of benzene rings is 2. The highest BCUT2D eigenvalue weighted by molar-refractivity contribution is 9.10. The van der Waals surface area contributed by atoms with E-state index in [1.807, 2.05) is 56.3 Å². The molecular weight excluding hydrogens is 368 g/mol. The summed E-state index contributed by atoms with van der Waals surface area (Å²) in [6.07, 6.45) is 3.11. The summed E-state index contributed by atoms with van der Waals surface area (Å²) in [5.41, 5.74) is 3.67. The van der Waals surface area contributed by atoms with Gasteiger partial charge in [0.2, 0.25) is 11.8 Å². The maximum atomic E-state index is 12.0. The van der Waals surface area contributed by atoms with Crippen LogP contribution in [-0.2, 0) is 9.59 Å². The van der Waals surface area contributed by atoms with Crippen molar-refractivity contribution in [3.05, 3.63) is 69.7 Å². The summed E-state index contributed by atoms with van der Waals surface area (Å²) in [6.45, 7) is 3.79. The number of carbonyl (C=O) groups is 2. The van der Waals surface area contributed by atoms with Gasteiger partial charge in [0.1, 0.15) is 0 Å². The maximum Gasteiger partial charge on any atom is 0.244 e. The molecule has 5 heteroatoms. The first-order valence-electron chi connectivity index (χ1n) is 7.54. The van der Waals surface area contributed by atoms with Gasteiger partial charge in [0.15, 0.2) is 0 Å². The summed E-state index contributed by atoms with van der Waals surface area (Å²) in [5.74, 6) is -0.572. The monoisotopic (exact) mass is 386 g/mol. The summed E-state index contributed by atoms with van der Waals surface area (Å²) in [5, 5.41) is 5.41. The maximum absolute atomic E-state index is 12.0. The van der Waals surface area contributed by atoms with E-state index < -0.39 is 0 Å². The number of aryl methyl sites for hydroxylation is 2. The van der Waals surface area contributed by atoms with E-state index in [9.17, 15) is 9.59 Å². The lowest BCUT2D eigenvalue weighted by molar-refractivity contribution is -0.121. The second kappa shape index (κ2) is 8.45. The minimum atomic E-state index is -0.317. The summed E-state index contributed by atoms with van der Waals surface area (Å²) in [6, 6.07) is 13.4. The minimum Gasteiger partial charge on any atom is -0.343 e. The second-order valence-electron chi connectivity index (χ2n) is 5.39. The molecule has 0 aliphatic rings. The summed E-state index contributed by atoms with van der Waals surface area (Å²) in [7, 11) is 0. The van der Waals surface area contributed by atoms with Crippen LogP contribution in [0.2, 0.25) is 0 Å². The number of amides is 2. The lowest BCUT2D eigenvalue weighted by Gasteiger charge is -2.11. The zero-order valence-corrected chi connectivity index (χ0v) is 15.2. The number of hydrogen-bond acceptors (Lipinski definition) is 2. The average molecular weight is 387 g/mol. The van der Waals surface area contributed by atoms with Gasteiger partial charge < -0.3 is 10.6 Å². The lowest BCUT2D eigenvalue weighted by Crippen LogP contribution is -2.32. The molecule has 0 spiro atoms. The predicted octanol–water partition coefficient (Wildman–Crippen LogP) is 3.83. The fourth-order valence-electron chi connectivity index (χ4n) is 2.20. The molecule has 2 amide bonds. The molecule has 0 aliphatic carbocycles. The Morgan fingerprint density at radius 3 is 2.38 bits per heavy atom.